The van der Waals surface area contributed by atoms with Crippen LogP contribution in [0.2, 0.25) is 0 Å². The molecular weight excluding hydrogens is 335 g/mol. The summed E-state index contributed by atoms with van der Waals surface area (Å²) in [5.41, 5.74) is 0.222. The Kier molecular flexibility index (Phi) is 3.86. The highest BCUT2D eigenvalue weighted by molar-refractivity contribution is 9.10. The van der Waals surface area contributed by atoms with E-state index < -0.39 is 17.8 Å². The highest BCUT2D eigenvalue weighted by atomic mass is 79.9. The molecule has 2 aromatic rings. The predicted octanol–water partition coefficient (Wildman–Crippen LogP) is 3.90. The molecule has 0 fully saturated rings. The van der Waals surface area contributed by atoms with Gasteiger partial charge < -0.3 is 0 Å². The van der Waals surface area contributed by atoms with E-state index >= 15 is 0 Å². The molecule has 0 radical (unpaired) electrons. The zero-order valence-electron chi connectivity index (χ0n) is 10.3. The van der Waals surface area contributed by atoms with Gasteiger partial charge in [0.15, 0.2) is 5.69 Å². The Labute approximate surface area is 121 Å². The van der Waals surface area contributed by atoms with Crippen molar-refractivity contribution in [3.63, 3.8) is 0 Å². The van der Waals surface area contributed by atoms with E-state index in [0.717, 1.165) is 23.7 Å². The quantitative estimate of drug-likeness (QED) is 0.847. The monoisotopic (exact) mass is 343 g/mol. The molecule has 0 aliphatic rings. The molecule has 1 atom stereocenters. The van der Waals surface area contributed by atoms with Crippen molar-refractivity contribution in [2.45, 2.75) is 18.9 Å². The number of alkyl halides is 2. The molecule has 1 aromatic heterocycles. The minimum Gasteiger partial charge on any atom is -0.257 e. The standard InChI is InChI=1S/C13H9BrF3N3/c1-13(16,17)12(8-2-4-9(15)5-3-8)20-7-10(14)11(6-18)19-20/h2-5,7,12H,1H3. The maximum atomic E-state index is 13.9. The second-order valence-electron chi connectivity index (χ2n) is 4.33. The molecule has 1 heterocycles. The topological polar surface area (TPSA) is 41.6 Å². The van der Waals surface area contributed by atoms with Crippen LogP contribution in [0.4, 0.5) is 13.2 Å². The third kappa shape index (κ3) is 2.85. The first-order valence-electron chi connectivity index (χ1n) is 5.61. The smallest absolute Gasteiger partial charge is 0.257 e. The van der Waals surface area contributed by atoms with E-state index in [9.17, 15) is 13.2 Å². The van der Waals surface area contributed by atoms with Crippen molar-refractivity contribution >= 4 is 15.9 Å². The number of hydrogen-bond acceptors (Lipinski definition) is 2. The molecule has 7 heteroatoms. The molecule has 0 bridgehead atoms. The molecule has 0 spiro atoms. The molecule has 3 nitrogen and oxygen atoms in total. The van der Waals surface area contributed by atoms with Gasteiger partial charge in [0.1, 0.15) is 17.9 Å². The number of nitriles is 1. The maximum absolute atomic E-state index is 13.9. The average Bonchev–Trinajstić information content (AvgIpc) is 2.71. The van der Waals surface area contributed by atoms with Crippen molar-refractivity contribution in [1.29, 1.82) is 5.26 Å². The number of benzene rings is 1. The Balaban J connectivity index is 2.53. The highest BCUT2D eigenvalue weighted by Gasteiger charge is 2.38. The Bertz CT molecular complexity index is 653. The summed E-state index contributed by atoms with van der Waals surface area (Å²) in [5, 5.41) is 12.7. The third-order valence-corrected chi connectivity index (χ3v) is 3.30. The van der Waals surface area contributed by atoms with Gasteiger partial charge in [-0.15, -0.1) is 0 Å². The number of aromatic nitrogens is 2. The van der Waals surface area contributed by atoms with Gasteiger partial charge in [0.05, 0.1) is 4.47 Å². The van der Waals surface area contributed by atoms with Crippen LogP contribution in [0, 0.1) is 17.1 Å². The Morgan fingerprint density at radius 2 is 1.95 bits per heavy atom. The summed E-state index contributed by atoms with van der Waals surface area (Å²) in [7, 11) is 0. The summed E-state index contributed by atoms with van der Waals surface area (Å²) in [6.45, 7) is 0.753. The van der Waals surface area contributed by atoms with Crippen molar-refractivity contribution in [1.82, 2.24) is 9.78 Å². The molecule has 2 rings (SSSR count). The predicted molar refractivity (Wildman–Crippen MR) is 69.8 cm³/mol. The molecule has 0 N–H and O–H groups in total. The van der Waals surface area contributed by atoms with Gasteiger partial charge in [-0.25, -0.2) is 13.2 Å². The number of hydrogen-bond donors (Lipinski definition) is 0. The van der Waals surface area contributed by atoms with Crippen molar-refractivity contribution in [2.24, 2.45) is 0 Å². The molecule has 0 amide bonds. The van der Waals surface area contributed by atoms with E-state index in [2.05, 4.69) is 21.0 Å². The molecule has 20 heavy (non-hydrogen) atoms. The molecular formula is C13H9BrF3N3. The lowest BCUT2D eigenvalue weighted by atomic mass is 10.0. The van der Waals surface area contributed by atoms with Crippen LogP contribution < -0.4 is 0 Å². The summed E-state index contributed by atoms with van der Waals surface area (Å²) < 4.78 is 42.0. The molecule has 0 aliphatic carbocycles. The van der Waals surface area contributed by atoms with Crippen molar-refractivity contribution in [2.75, 3.05) is 0 Å². The lowest BCUT2D eigenvalue weighted by Gasteiger charge is -2.24. The molecule has 0 saturated carbocycles. The van der Waals surface area contributed by atoms with E-state index in [4.69, 9.17) is 5.26 Å². The van der Waals surface area contributed by atoms with E-state index in [0.29, 0.717) is 4.47 Å². The average molecular weight is 344 g/mol. The van der Waals surface area contributed by atoms with E-state index in [1.165, 1.54) is 18.3 Å². The van der Waals surface area contributed by atoms with E-state index in [1.54, 1.807) is 6.07 Å². The van der Waals surface area contributed by atoms with Gasteiger partial charge in [0, 0.05) is 13.1 Å². The Hall–Kier alpha value is -1.81. The van der Waals surface area contributed by atoms with Gasteiger partial charge in [-0.1, -0.05) is 12.1 Å². The molecule has 1 aromatic carbocycles. The largest absolute Gasteiger partial charge is 0.271 e. The van der Waals surface area contributed by atoms with Crippen LogP contribution in [0.3, 0.4) is 0 Å². The van der Waals surface area contributed by atoms with E-state index in [1.807, 2.05) is 0 Å². The fraction of sp³-hybridized carbons (Fsp3) is 0.231. The first kappa shape index (κ1) is 14.6. The SMILES string of the molecule is CC(F)(F)C(c1ccc(F)cc1)n1cc(Br)c(C#N)n1. The van der Waals surface area contributed by atoms with Gasteiger partial charge >= 0.3 is 0 Å². The Morgan fingerprint density at radius 3 is 2.40 bits per heavy atom. The Morgan fingerprint density at radius 1 is 1.35 bits per heavy atom. The molecule has 104 valence electrons. The van der Waals surface area contributed by atoms with E-state index in [-0.39, 0.29) is 11.3 Å². The minimum absolute atomic E-state index is 0.0151. The zero-order chi connectivity index (χ0) is 14.9. The fourth-order valence-electron chi connectivity index (χ4n) is 1.90. The van der Waals surface area contributed by atoms with Gasteiger partial charge in [0.2, 0.25) is 0 Å². The van der Waals surface area contributed by atoms with Crippen LogP contribution in [0.1, 0.15) is 24.2 Å². The van der Waals surface area contributed by atoms with Crippen LogP contribution in [0.25, 0.3) is 0 Å². The second-order valence-corrected chi connectivity index (χ2v) is 5.18. The maximum Gasteiger partial charge on any atom is 0.271 e. The summed E-state index contributed by atoms with van der Waals surface area (Å²) in [6.07, 6.45) is 1.31. The number of halogens is 4. The highest BCUT2D eigenvalue weighted by Crippen LogP contribution is 2.35. The molecule has 0 aliphatic heterocycles. The lowest BCUT2D eigenvalue weighted by molar-refractivity contribution is -0.0217. The van der Waals surface area contributed by atoms with Crippen LogP contribution >= 0.6 is 15.9 Å². The van der Waals surface area contributed by atoms with Gasteiger partial charge in [-0.2, -0.15) is 10.4 Å². The third-order valence-electron chi connectivity index (χ3n) is 2.72. The van der Waals surface area contributed by atoms with Crippen LogP contribution in [-0.2, 0) is 0 Å². The van der Waals surface area contributed by atoms with Crippen molar-refractivity contribution in [3.8, 4) is 6.07 Å². The van der Waals surface area contributed by atoms with Crippen LogP contribution in [0.5, 0.6) is 0 Å². The van der Waals surface area contributed by atoms with Gasteiger partial charge in [-0.3, -0.25) is 4.68 Å². The molecule has 0 saturated heterocycles. The lowest BCUT2D eigenvalue weighted by Crippen LogP contribution is -2.29. The number of rotatable bonds is 3. The van der Waals surface area contributed by atoms with Gasteiger partial charge in [0.25, 0.3) is 5.92 Å². The summed E-state index contributed by atoms with van der Waals surface area (Å²) in [5.74, 6) is -3.64. The first-order chi connectivity index (χ1) is 9.32. The van der Waals surface area contributed by atoms with Crippen molar-refractivity contribution in [3.05, 3.63) is 52.0 Å². The first-order valence-corrected chi connectivity index (χ1v) is 6.40. The zero-order valence-corrected chi connectivity index (χ0v) is 11.9. The summed E-state index contributed by atoms with van der Waals surface area (Å²) >= 11 is 3.09. The number of nitrogens with zero attached hydrogens (tertiary/aromatic N) is 3. The second kappa shape index (κ2) is 5.29. The summed E-state index contributed by atoms with van der Waals surface area (Å²) in [6, 6.07) is 5.16. The fourth-order valence-corrected chi connectivity index (χ4v) is 2.28. The van der Waals surface area contributed by atoms with Crippen molar-refractivity contribution < 1.29 is 13.2 Å². The normalized spacial score (nSPS) is 13.0. The summed E-state index contributed by atoms with van der Waals surface area (Å²) in [4.78, 5) is 0. The van der Waals surface area contributed by atoms with Crippen LogP contribution in [-0.4, -0.2) is 15.7 Å². The molecule has 1 unspecified atom stereocenters. The van der Waals surface area contributed by atoms with Gasteiger partial charge in [-0.05, 0) is 33.6 Å². The minimum atomic E-state index is -3.13. The van der Waals surface area contributed by atoms with Crippen LogP contribution in [0.15, 0.2) is 34.9 Å².